The summed E-state index contributed by atoms with van der Waals surface area (Å²) in [5.74, 6) is 6.85. The average molecular weight is 468 g/mol. The van der Waals surface area contributed by atoms with E-state index in [0.717, 1.165) is 19.6 Å². The third-order valence-corrected chi connectivity index (χ3v) is 10.9. The first kappa shape index (κ1) is 25.3. The smallest absolute Gasteiger partial charge is 0.238 e. The van der Waals surface area contributed by atoms with Gasteiger partial charge in [0.15, 0.2) is 8.32 Å². The Morgan fingerprint density at radius 1 is 1.18 bits per heavy atom. The number of morpholine rings is 1. The first-order valence-electron chi connectivity index (χ1n) is 11.4. The maximum absolute atomic E-state index is 6.49. The Bertz CT molecular complexity index is 980. The molecule has 2 aromatic rings. The third-order valence-electron chi connectivity index (χ3n) is 6.44. The first-order chi connectivity index (χ1) is 15.6. The summed E-state index contributed by atoms with van der Waals surface area (Å²) >= 11 is 0. The lowest BCUT2D eigenvalue weighted by Crippen LogP contribution is -2.50. The molecule has 0 saturated carbocycles. The highest BCUT2D eigenvalue weighted by atomic mass is 28.4. The molecule has 7 heteroatoms. The Balaban J connectivity index is 1.77. The molecule has 6 nitrogen and oxygen atoms in total. The number of rotatable bonds is 6. The predicted octanol–water partition coefficient (Wildman–Crippen LogP) is 4.32. The van der Waals surface area contributed by atoms with Crippen LogP contribution in [0.5, 0.6) is 5.88 Å². The maximum Gasteiger partial charge on any atom is 0.238 e. The molecule has 33 heavy (non-hydrogen) atoms. The second-order valence-electron chi connectivity index (χ2n) is 10.0. The van der Waals surface area contributed by atoms with Gasteiger partial charge in [0, 0.05) is 25.8 Å². The molecule has 0 aliphatic carbocycles. The van der Waals surface area contributed by atoms with Gasteiger partial charge in [-0.25, -0.2) is 4.98 Å². The monoisotopic (exact) mass is 467 g/mol. The molecule has 1 aromatic carbocycles. The van der Waals surface area contributed by atoms with Gasteiger partial charge in [-0.05, 0) is 29.8 Å². The molecule has 1 fully saturated rings. The number of anilines is 1. The van der Waals surface area contributed by atoms with Gasteiger partial charge >= 0.3 is 0 Å². The van der Waals surface area contributed by atoms with Crippen LogP contribution < -0.4 is 10.5 Å². The highest BCUT2D eigenvalue weighted by Gasteiger charge is 2.38. The summed E-state index contributed by atoms with van der Waals surface area (Å²) in [6, 6.07) is 12.3. The van der Waals surface area contributed by atoms with Crippen LogP contribution in [0.4, 0.5) is 5.69 Å². The van der Waals surface area contributed by atoms with E-state index in [1.165, 1.54) is 5.56 Å². The number of hydrogen-bond acceptors (Lipinski definition) is 6. The largest absolute Gasteiger partial charge is 0.479 e. The van der Waals surface area contributed by atoms with Gasteiger partial charge in [-0.15, -0.1) is 0 Å². The molecule has 2 heterocycles. The van der Waals surface area contributed by atoms with Crippen molar-refractivity contribution in [3.05, 3.63) is 53.7 Å². The van der Waals surface area contributed by atoms with Crippen LogP contribution >= 0.6 is 0 Å². The molecule has 0 unspecified atom stereocenters. The Hall–Kier alpha value is -2.37. The van der Waals surface area contributed by atoms with Crippen molar-refractivity contribution in [2.45, 2.75) is 57.7 Å². The molecule has 178 valence electrons. The minimum absolute atomic E-state index is 0.0415. The average Bonchev–Trinajstić information content (AvgIpc) is 2.77. The van der Waals surface area contributed by atoms with E-state index in [4.69, 9.17) is 19.6 Å². The van der Waals surface area contributed by atoms with Crippen molar-refractivity contribution in [3.63, 3.8) is 0 Å². The van der Waals surface area contributed by atoms with Gasteiger partial charge in [-0.2, -0.15) is 0 Å². The van der Waals surface area contributed by atoms with Crippen molar-refractivity contribution in [2.24, 2.45) is 0 Å². The zero-order chi connectivity index (χ0) is 24.1. The van der Waals surface area contributed by atoms with Crippen LogP contribution in [-0.2, 0) is 15.7 Å². The molecule has 2 N–H and O–H groups in total. The number of methoxy groups -OCH3 is 1. The normalized spacial score (nSPS) is 19.6. The predicted molar refractivity (Wildman–Crippen MR) is 136 cm³/mol. The lowest BCUT2D eigenvalue weighted by atomic mass is 10.1. The van der Waals surface area contributed by atoms with E-state index in [2.05, 4.69) is 79.9 Å². The van der Waals surface area contributed by atoms with Crippen LogP contribution in [0.2, 0.25) is 18.1 Å². The Morgan fingerprint density at radius 2 is 1.91 bits per heavy atom. The highest BCUT2D eigenvalue weighted by Crippen LogP contribution is 2.36. The standard InChI is InChI=1S/C26H37N3O3Si/c1-26(2,3)33(5,6)31-19-23-18-29(16-20-10-8-7-9-11-20)17-22(32-23)13-12-21-14-15-28-25(30-4)24(21)27/h7-11,14-15,22-23H,16-19,27H2,1-6H3/t22-,23+/m1/s1. The van der Waals surface area contributed by atoms with Crippen LogP contribution in [0.1, 0.15) is 31.9 Å². The number of nitrogen functional groups attached to an aromatic ring is 1. The van der Waals surface area contributed by atoms with Crippen molar-refractivity contribution >= 4 is 14.0 Å². The van der Waals surface area contributed by atoms with E-state index >= 15 is 0 Å². The zero-order valence-electron chi connectivity index (χ0n) is 20.7. The molecular formula is C26H37N3O3Si. The van der Waals surface area contributed by atoms with Crippen LogP contribution in [0.3, 0.4) is 0 Å². The van der Waals surface area contributed by atoms with Gasteiger partial charge in [-0.1, -0.05) is 62.9 Å². The summed E-state index contributed by atoms with van der Waals surface area (Å²) in [5.41, 5.74) is 8.56. The second kappa shape index (κ2) is 10.7. The van der Waals surface area contributed by atoms with Crippen molar-refractivity contribution in [1.29, 1.82) is 0 Å². The number of ether oxygens (including phenoxy) is 2. The molecule has 1 saturated heterocycles. The van der Waals surface area contributed by atoms with Crippen LogP contribution in [0, 0.1) is 11.8 Å². The molecule has 0 radical (unpaired) electrons. The van der Waals surface area contributed by atoms with E-state index in [1.54, 1.807) is 19.4 Å². The summed E-state index contributed by atoms with van der Waals surface area (Å²) in [6.45, 7) is 14.3. The molecule has 0 bridgehead atoms. The van der Waals surface area contributed by atoms with Crippen LogP contribution in [0.25, 0.3) is 0 Å². The van der Waals surface area contributed by atoms with Gasteiger partial charge in [0.05, 0.1) is 25.4 Å². The number of benzene rings is 1. The van der Waals surface area contributed by atoms with E-state index in [-0.39, 0.29) is 17.2 Å². The number of aromatic nitrogens is 1. The van der Waals surface area contributed by atoms with E-state index in [0.29, 0.717) is 23.7 Å². The molecule has 1 aromatic heterocycles. The molecule has 3 rings (SSSR count). The number of nitrogens with two attached hydrogens (primary N) is 1. The Kier molecular flexibility index (Phi) is 8.19. The molecular weight excluding hydrogens is 430 g/mol. The quantitative estimate of drug-likeness (QED) is 0.504. The minimum Gasteiger partial charge on any atom is -0.479 e. The van der Waals surface area contributed by atoms with Gasteiger partial charge in [-0.3, -0.25) is 4.90 Å². The molecule has 2 atom stereocenters. The van der Waals surface area contributed by atoms with Crippen molar-refractivity contribution < 1.29 is 13.9 Å². The molecule has 0 spiro atoms. The number of hydrogen-bond donors (Lipinski definition) is 1. The number of nitrogens with zero attached hydrogens (tertiary/aromatic N) is 2. The first-order valence-corrected chi connectivity index (χ1v) is 14.4. The summed E-state index contributed by atoms with van der Waals surface area (Å²) in [7, 11) is -0.318. The maximum atomic E-state index is 6.49. The van der Waals surface area contributed by atoms with Crippen molar-refractivity contribution in [2.75, 3.05) is 32.5 Å². The molecule has 0 amide bonds. The van der Waals surface area contributed by atoms with E-state index in [9.17, 15) is 0 Å². The van der Waals surface area contributed by atoms with Crippen molar-refractivity contribution in [1.82, 2.24) is 9.88 Å². The SMILES string of the molecule is COc1nccc(C#C[C@@H]2CN(Cc3ccccc3)C[C@@H](CO[Si](C)(C)C(C)(C)C)O2)c1N. The minimum atomic E-state index is -1.87. The summed E-state index contributed by atoms with van der Waals surface area (Å²) in [5, 5.41) is 0.155. The fraction of sp³-hybridized carbons (Fsp3) is 0.500. The van der Waals surface area contributed by atoms with Crippen LogP contribution in [0.15, 0.2) is 42.6 Å². The fourth-order valence-electron chi connectivity index (χ4n) is 3.46. The Morgan fingerprint density at radius 3 is 2.58 bits per heavy atom. The van der Waals surface area contributed by atoms with Crippen molar-refractivity contribution in [3.8, 4) is 17.7 Å². The zero-order valence-corrected chi connectivity index (χ0v) is 21.7. The molecule has 1 aliphatic rings. The topological polar surface area (TPSA) is 69.8 Å². The summed E-state index contributed by atoms with van der Waals surface area (Å²) in [6.07, 6.45) is 1.37. The Labute approximate surface area is 199 Å². The highest BCUT2D eigenvalue weighted by molar-refractivity contribution is 6.74. The molecule has 1 aliphatic heterocycles. The van der Waals surface area contributed by atoms with E-state index < -0.39 is 8.32 Å². The third kappa shape index (κ3) is 6.81. The van der Waals surface area contributed by atoms with Crippen LogP contribution in [-0.4, -0.2) is 57.2 Å². The van der Waals surface area contributed by atoms with Gasteiger partial charge in [0.1, 0.15) is 11.8 Å². The fourth-order valence-corrected chi connectivity index (χ4v) is 4.50. The second-order valence-corrected chi connectivity index (χ2v) is 14.9. The van der Waals surface area contributed by atoms with Gasteiger partial charge < -0.3 is 19.6 Å². The van der Waals surface area contributed by atoms with E-state index in [1.807, 2.05) is 6.07 Å². The lowest BCUT2D eigenvalue weighted by Gasteiger charge is -2.40. The summed E-state index contributed by atoms with van der Waals surface area (Å²) in [4.78, 5) is 6.52. The lowest BCUT2D eigenvalue weighted by molar-refractivity contribution is -0.0803. The van der Waals surface area contributed by atoms with Gasteiger partial charge in [0.25, 0.3) is 0 Å². The summed E-state index contributed by atoms with van der Waals surface area (Å²) < 4.78 is 18.1. The van der Waals surface area contributed by atoms with Gasteiger partial charge in [0.2, 0.25) is 5.88 Å². The number of pyridine rings is 1.